The van der Waals surface area contributed by atoms with E-state index in [1.165, 1.54) is 25.7 Å². The Bertz CT molecular complexity index is 246. The molecule has 0 aromatic carbocycles. The maximum Gasteiger partial charge on any atom is 0.0568 e. The van der Waals surface area contributed by atoms with Crippen molar-refractivity contribution in [3.8, 4) is 0 Å². The molecule has 0 aliphatic heterocycles. The predicted octanol–water partition coefficient (Wildman–Crippen LogP) is 3.86. The highest BCUT2D eigenvalue weighted by molar-refractivity contribution is 4.99. The van der Waals surface area contributed by atoms with Gasteiger partial charge >= 0.3 is 0 Å². The zero-order chi connectivity index (χ0) is 11.9. The molecule has 2 saturated carbocycles. The maximum absolute atomic E-state index is 10.2. The van der Waals surface area contributed by atoms with Gasteiger partial charge in [0.05, 0.1) is 6.10 Å². The van der Waals surface area contributed by atoms with Crippen molar-refractivity contribution in [3.63, 3.8) is 0 Å². The van der Waals surface area contributed by atoms with E-state index in [1.54, 1.807) is 0 Å². The molecule has 2 aliphatic carbocycles. The quantitative estimate of drug-likeness (QED) is 0.662. The zero-order valence-electron chi connectivity index (χ0n) is 11.4. The van der Waals surface area contributed by atoms with Crippen LogP contribution in [0.5, 0.6) is 0 Å². The summed E-state index contributed by atoms with van der Waals surface area (Å²) in [7, 11) is 0. The molecule has 2 rings (SSSR count). The van der Waals surface area contributed by atoms with Crippen LogP contribution < -0.4 is 0 Å². The molecule has 5 atom stereocenters. The molecule has 2 fully saturated rings. The fraction of sp³-hybridized carbons (Fsp3) is 1.00. The molecular weight excluding hydrogens is 196 g/mol. The van der Waals surface area contributed by atoms with Crippen LogP contribution in [0.15, 0.2) is 0 Å². The normalized spacial score (nSPS) is 48.2. The van der Waals surface area contributed by atoms with Gasteiger partial charge < -0.3 is 5.11 Å². The van der Waals surface area contributed by atoms with Gasteiger partial charge in [-0.15, -0.1) is 0 Å². The predicted molar refractivity (Wildman–Crippen MR) is 68.2 cm³/mol. The van der Waals surface area contributed by atoms with Crippen LogP contribution in [0, 0.1) is 29.1 Å². The van der Waals surface area contributed by atoms with Crippen molar-refractivity contribution < 1.29 is 5.11 Å². The first-order valence-electron chi connectivity index (χ1n) is 7.10. The Hall–Kier alpha value is -0.0400. The van der Waals surface area contributed by atoms with Crippen molar-refractivity contribution in [2.45, 2.75) is 65.9 Å². The molecule has 94 valence electrons. The summed E-state index contributed by atoms with van der Waals surface area (Å²) < 4.78 is 0. The Kier molecular flexibility index (Phi) is 3.36. The molecule has 0 heterocycles. The molecular formula is C15H28O. The van der Waals surface area contributed by atoms with Gasteiger partial charge in [-0.05, 0) is 48.3 Å². The highest BCUT2D eigenvalue weighted by atomic mass is 16.3. The molecule has 0 aromatic rings. The van der Waals surface area contributed by atoms with Gasteiger partial charge in [-0.25, -0.2) is 0 Å². The lowest BCUT2D eigenvalue weighted by Crippen LogP contribution is -2.48. The summed E-state index contributed by atoms with van der Waals surface area (Å²) in [5.41, 5.74) is 0.476. The van der Waals surface area contributed by atoms with Crippen molar-refractivity contribution in [2.75, 3.05) is 0 Å². The lowest BCUT2D eigenvalue weighted by Gasteiger charge is -2.55. The first-order chi connectivity index (χ1) is 7.42. The topological polar surface area (TPSA) is 20.2 Å². The molecule has 5 unspecified atom stereocenters. The monoisotopic (exact) mass is 224 g/mol. The standard InChI is InChI=1S/C15H28O/c1-10-6-5-7-11(2)14(16)8-13-12(10)9-15(13,3)4/h10-14,16H,5-9H2,1-4H3. The molecule has 0 spiro atoms. The molecule has 0 saturated heterocycles. The smallest absolute Gasteiger partial charge is 0.0568 e. The summed E-state index contributed by atoms with van der Waals surface area (Å²) in [4.78, 5) is 0. The molecule has 0 bridgehead atoms. The SMILES string of the molecule is CC1CCCC(C)C2CC(C)(C)C2CC1O. The highest BCUT2D eigenvalue weighted by Crippen LogP contribution is 2.57. The van der Waals surface area contributed by atoms with E-state index in [4.69, 9.17) is 0 Å². The third-order valence-corrected chi connectivity index (χ3v) is 5.48. The molecule has 0 radical (unpaired) electrons. The van der Waals surface area contributed by atoms with E-state index in [0.717, 1.165) is 24.2 Å². The van der Waals surface area contributed by atoms with Gasteiger partial charge in [0.25, 0.3) is 0 Å². The van der Waals surface area contributed by atoms with Crippen molar-refractivity contribution >= 4 is 0 Å². The van der Waals surface area contributed by atoms with Gasteiger partial charge in [-0.2, -0.15) is 0 Å². The number of aliphatic hydroxyl groups excluding tert-OH is 1. The van der Waals surface area contributed by atoms with Crippen molar-refractivity contribution in [1.82, 2.24) is 0 Å². The van der Waals surface area contributed by atoms with Gasteiger partial charge in [0.2, 0.25) is 0 Å². The minimum absolute atomic E-state index is 0.0580. The van der Waals surface area contributed by atoms with Crippen LogP contribution >= 0.6 is 0 Å². The first-order valence-corrected chi connectivity index (χ1v) is 7.10. The number of rotatable bonds is 0. The van der Waals surface area contributed by atoms with Crippen molar-refractivity contribution in [3.05, 3.63) is 0 Å². The lowest BCUT2D eigenvalue weighted by atomic mass is 9.51. The van der Waals surface area contributed by atoms with Gasteiger partial charge in [-0.1, -0.05) is 40.5 Å². The first kappa shape index (κ1) is 12.4. The summed E-state index contributed by atoms with van der Waals surface area (Å²) >= 11 is 0. The molecule has 1 nitrogen and oxygen atoms in total. The van der Waals surface area contributed by atoms with Crippen molar-refractivity contribution in [1.29, 1.82) is 0 Å². The highest BCUT2D eigenvalue weighted by Gasteiger charge is 2.49. The minimum atomic E-state index is -0.0580. The lowest BCUT2D eigenvalue weighted by molar-refractivity contribution is -0.0726. The largest absolute Gasteiger partial charge is 0.393 e. The van der Waals surface area contributed by atoms with Crippen LogP contribution in [0.1, 0.15) is 59.8 Å². The summed E-state index contributed by atoms with van der Waals surface area (Å²) in [6.45, 7) is 9.42. The van der Waals surface area contributed by atoms with E-state index < -0.39 is 0 Å². The van der Waals surface area contributed by atoms with Crippen LogP contribution in [0.25, 0.3) is 0 Å². The van der Waals surface area contributed by atoms with Crippen LogP contribution in [0.3, 0.4) is 0 Å². The molecule has 16 heavy (non-hydrogen) atoms. The second-order valence-corrected chi connectivity index (χ2v) is 7.15. The Labute approximate surface area is 101 Å². The van der Waals surface area contributed by atoms with Crippen LogP contribution in [-0.4, -0.2) is 11.2 Å². The average molecular weight is 224 g/mol. The molecule has 1 N–H and O–H groups in total. The van der Waals surface area contributed by atoms with E-state index in [1.807, 2.05) is 0 Å². The third kappa shape index (κ3) is 2.16. The Morgan fingerprint density at radius 2 is 1.69 bits per heavy atom. The number of fused-ring (bicyclic) bond motifs is 1. The average Bonchev–Trinajstić information content (AvgIpc) is 2.24. The Balaban J connectivity index is 2.10. The third-order valence-electron chi connectivity index (χ3n) is 5.48. The summed E-state index contributed by atoms with van der Waals surface area (Å²) in [5, 5.41) is 10.2. The van der Waals surface area contributed by atoms with Gasteiger partial charge in [0.1, 0.15) is 0 Å². The molecule has 1 heteroatoms. The Morgan fingerprint density at radius 3 is 2.31 bits per heavy atom. The van der Waals surface area contributed by atoms with E-state index in [9.17, 15) is 5.11 Å². The van der Waals surface area contributed by atoms with Crippen LogP contribution in [-0.2, 0) is 0 Å². The second-order valence-electron chi connectivity index (χ2n) is 7.15. The zero-order valence-corrected chi connectivity index (χ0v) is 11.4. The molecule has 2 aliphatic rings. The van der Waals surface area contributed by atoms with Gasteiger partial charge in [-0.3, -0.25) is 0 Å². The van der Waals surface area contributed by atoms with Crippen LogP contribution in [0.4, 0.5) is 0 Å². The van der Waals surface area contributed by atoms with Crippen molar-refractivity contribution in [2.24, 2.45) is 29.1 Å². The number of hydrogen-bond acceptors (Lipinski definition) is 1. The maximum atomic E-state index is 10.2. The summed E-state index contributed by atoms with van der Waals surface area (Å²) in [6.07, 6.45) is 6.25. The molecule has 0 amide bonds. The number of hydrogen-bond donors (Lipinski definition) is 1. The summed E-state index contributed by atoms with van der Waals surface area (Å²) in [5.74, 6) is 3.02. The Morgan fingerprint density at radius 1 is 1.06 bits per heavy atom. The minimum Gasteiger partial charge on any atom is -0.393 e. The van der Waals surface area contributed by atoms with Crippen LogP contribution in [0.2, 0.25) is 0 Å². The molecule has 0 aromatic heterocycles. The second kappa shape index (κ2) is 4.33. The van der Waals surface area contributed by atoms with Gasteiger partial charge in [0, 0.05) is 0 Å². The van der Waals surface area contributed by atoms with E-state index in [0.29, 0.717) is 11.3 Å². The summed E-state index contributed by atoms with van der Waals surface area (Å²) in [6, 6.07) is 0. The number of aliphatic hydroxyl groups is 1. The fourth-order valence-corrected chi connectivity index (χ4v) is 4.07. The van der Waals surface area contributed by atoms with Gasteiger partial charge in [0.15, 0.2) is 0 Å². The van der Waals surface area contributed by atoms with E-state index in [-0.39, 0.29) is 6.10 Å². The van der Waals surface area contributed by atoms with E-state index >= 15 is 0 Å². The fourth-order valence-electron chi connectivity index (χ4n) is 4.07. The van der Waals surface area contributed by atoms with E-state index in [2.05, 4.69) is 27.7 Å².